The van der Waals surface area contributed by atoms with Gasteiger partial charge < -0.3 is 26.2 Å². The van der Waals surface area contributed by atoms with Gasteiger partial charge in [0.2, 0.25) is 17.6 Å². The number of sulfone groups is 1. The van der Waals surface area contributed by atoms with Gasteiger partial charge in [0.15, 0.2) is 9.84 Å². The van der Waals surface area contributed by atoms with Gasteiger partial charge in [-0.2, -0.15) is 0 Å². The number of amides is 5. The van der Waals surface area contributed by atoms with Gasteiger partial charge in [0.25, 0.3) is 5.91 Å². The third kappa shape index (κ3) is 8.65. The minimum Gasteiger partial charge on any atom is -0.347 e. The zero-order valence-corrected chi connectivity index (χ0v) is 33.5. The largest absolute Gasteiger partial charge is 0.347 e. The molecule has 5 amide bonds. The summed E-state index contributed by atoms with van der Waals surface area (Å²) >= 11 is 0. The molecule has 5 rings (SSSR count). The van der Waals surface area contributed by atoms with Crippen molar-refractivity contribution in [3.63, 3.8) is 0 Å². The normalized spacial score (nSPS) is 27.4. The first kappa shape index (κ1) is 40.5. The van der Waals surface area contributed by atoms with Crippen molar-refractivity contribution in [1.82, 2.24) is 26.2 Å². The number of urea groups is 1. The van der Waals surface area contributed by atoms with Crippen LogP contribution in [0.5, 0.6) is 0 Å². The van der Waals surface area contributed by atoms with E-state index in [2.05, 4.69) is 35.1 Å². The van der Waals surface area contributed by atoms with E-state index < -0.39 is 67.3 Å². The third-order valence-electron chi connectivity index (χ3n) is 13.2. The molecule has 0 spiro atoms. The van der Waals surface area contributed by atoms with Crippen LogP contribution in [0.1, 0.15) is 145 Å². The molecule has 4 aliphatic carbocycles. The van der Waals surface area contributed by atoms with Crippen LogP contribution in [0, 0.1) is 22.7 Å². The van der Waals surface area contributed by atoms with E-state index in [9.17, 15) is 32.4 Å². The van der Waals surface area contributed by atoms with Crippen molar-refractivity contribution in [2.75, 3.05) is 12.3 Å². The van der Waals surface area contributed by atoms with E-state index in [4.69, 9.17) is 0 Å². The van der Waals surface area contributed by atoms with E-state index in [1.54, 1.807) is 25.7 Å². The highest BCUT2D eigenvalue weighted by atomic mass is 32.2. The van der Waals surface area contributed by atoms with Gasteiger partial charge in [-0.15, -0.1) is 0 Å². The van der Waals surface area contributed by atoms with Crippen molar-refractivity contribution < 1.29 is 32.4 Å². The molecule has 4 N–H and O–H groups in total. The number of ketones is 1. The van der Waals surface area contributed by atoms with Gasteiger partial charge in [-0.05, 0) is 88.4 Å². The Kier molecular flexibility index (Phi) is 11.8. The van der Waals surface area contributed by atoms with E-state index in [0.717, 1.165) is 70.6 Å². The van der Waals surface area contributed by atoms with Crippen molar-refractivity contribution in [3.05, 3.63) is 0 Å². The molecule has 0 radical (unpaired) electrons. The first-order valence-electron chi connectivity index (χ1n) is 20.0. The second kappa shape index (κ2) is 15.2. The van der Waals surface area contributed by atoms with Gasteiger partial charge in [-0.1, -0.05) is 79.1 Å². The number of Topliss-reactive ketones (excluding diaryl/α,β-unsaturated/α-hetero) is 1. The quantitative estimate of drug-likeness (QED) is 0.189. The summed E-state index contributed by atoms with van der Waals surface area (Å²) in [6, 6.07) is -3.33. The van der Waals surface area contributed by atoms with Crippen molar-refractivity contribution >= 4 is 39.4 Å². The van der Waals surface area contributed by atoms with Crippen molar-refractivity contribution in [2.45, 2.75) is 179 Å². The summed E-state index contributed by atoms with van der Waals surface area (Å²) in [5.41, 5.74) is -1.71. The van der Waals surface area contributed by atoms with E-state index in [1.807, 2.05) is 13.8 Å². The molecule has 4 saturated carbocycles. The molecular formula is C39H65N5O7S. The number of carbonyl (C=O) groups excluding carboxylic acids is 5. The highest BCUT2D eigenvalue weighted by Crippen LogP contribution is 2.65. The second-order valence-corrected chi connectivity index (χ2v) is 21.4. The number of hydrogen-bond acceptors (Lipinski definition) is 7. The number of fused-ring (bicyclic) bond motifs is 1. The first-order chi connectivity index (χ1) is 24.3. The van der Waals surface area contributed by atoms with Crippen LogP contribution in [0.2, 0.25) is 0 Å². The maximum atomic E-state index is 14.9. The van der Waals surface area contributed by atoms with Crippen LogP contribution in [0.25, 0.3) is 0 Å². The standard InChI is InChI=1S/C39H65N5O7S/c1-8-9-16-27(30(45)33(47)40-25-17-18-25)41-32(46)29-28-26(37(28,5)6)23-44(29)34(48)31(38(7)19-12-10-13-20-38)42-35(49)43-39(21-14-11-15-22-39)24-52(50,51)36(2,3)4/h25-29,31H,8-24H2,1-7H3,(H,40,47)(H,41,46)(H2,42,43,49)/t26?,27?,28?,29-,31+/m0/s1. The third-order valence-corrected chi connectivity index (χ3v) is 16.0. The van der Waals surface area contributed by atoms with Crippen LogP contribution in [-0.2, 0) is 29.0 Å². The molecule has 52 heavy (non-hydrogen) atoms. The summed E-state index contributed by atoms with van der Waals surface area (Å²) < 4.78 is 25.9. The van der Waals surface area contributed by atoms with Gasteiger partial charge in [0.1, 0.15) is 12.1 Å². The van der Waals surface area contributed by atoms with Crippen LogP contribution < -0.4 is 21.3 Å². The summed E-state index contributed by atoms with van der Waals surface area (Å²) in [7, 11) is -3.56. The van der Waals surface area contributed by atoms with Crippen molar-refractivity contribution in [1.29, 1.82) is 0 Å². The Balaban J connectivity index is 1.39. The predicted molar refractivity (Wildman–Crippen MR) is 200 cm³/mol. The van der Waals surface area contributed by atoms with E-state index in [0.29, 0.717) is 32.2 Å². The van der Waals surface area contributed by atoms with Crippen LogP contribution in [0.4, 0.5) is 4.79 Å². The smallest absolute Gasteiger partial charge is 0.315 e. The molecular weight excluding hydrogens is 683 g/mol. The van der Waals surface area contributed by atoms with Crippen LogP contribution in [0.3, 0.4) is 0 Å². The van der Waals surface area contributed by atoms with Crippen molar-refractivity contribution in [2.24, 2.45) is 22.7 Å². The second-order valence-electron chi connectivity index (χ2n) is 18.7. The zero-order valence-electron chi connectivity index (χ0n) is 32.7. The minimum atomic E-state index is -3.56. The fourth-order valence-corrected chi connectivity index (χ4v) is 10.8. The van der Waals surface area contributed by atoms with Crippen molar-refractivity contribution in [3.8, 4) is 0 Å². The minimum absolute atomic E-state index is 0.00797. The molecule has 0 aromatic rings. The van der Waals surface area contributed by atoms with E-state index in [1.165, 1.54) is 0 Å². The Morgan fingerprint density at radius 2 is 1.46 bits per heavy atom. The number of carbonyl (C=O) groups is 5. The van der Waals surface area contributed by atoms with Crippen LogP contribution >= 0.6 is 0 Å². The summed E-state index contributed by atoms with van der Waals surface area (Å²) in [6.45, 7) is 13.6. The number of nitrogens with one attached hydrogen (secondary N) is 4. The number of hydrogen-bond donors (Lipinski definition) is 4. The Morgan fingerprint density at radius 3 is 2.02 bits per heavy atom. The molecule has 3 unspecified atom stereocenters. The van der Waals surface area contributed by atoms with Gasteiger partial charge >= 0.3 is 6.03 Å². The summed E-state index contributed by atoms with van der Waals surface area (Å²) in [5.74, 6) is -2.32. The van der Waals surface area contributed by atoms with E-state index in [-0.39, 0.29) is 35.0 Å². The number of nitrogens with zero attached hydrogens (tertiary/aromatic N) is 1. The highest BCUT2D eigenvalue weighted by molar-refractivity contribution is 7.92. The molecule has 5 atom stereocenters. The molecule has 5 fully saturated rings. The maximum Gasteiger partial charge on any atom is 0.315 e. The summed E-state index contributed by atoms with van der Waals surface area (Å²) in [4.78, 5) is 71.0. The monoisotopic (exact) mass is 747 g/mol. The highest BCUT2D eigenvalue weighted by Gasteiger charge is 2.70. The lowest BCUT2D eigenvalue weighted by Crippen LogP contribution is -2.65. The molecule has 5 aliphatic rings. The summed E-state index contributed by atoms with van der Waals surface area (Å²) in [5, 5.41) is 11.8. The molecule has 12 nitrogen and oxygen atoms in total. The number of likely N-dealkylation sites (tertiary alicyclic amines) is 1. The Morgan fingerprint density at radius 1 is 0.865 bits per heavy atom. The number of rotatable bonds is 14. The van der Waals surface area contributed by atoms with Crippen LogP contribution in [-0.4, -0.2) is 89.6 Å². The zero-order chi connectivity index (χ0) is 38.3. The molecule has 0 aromatic carbocycles. The van der Waals surface area contributed by atoms with Gasteiger partial charge in [0, 0.05) is 12.6 Å². The lowest BCUT2D eigenvalue weighted by Gasteiger charge is -2.44. The Labute approximate surface area is 311 Å². The maximum absolute atomic E-state index is 14.9. The predicted octanol–water partition coefficient (Wildman–Crippen LogP) is 4.55. The fraction of sp³-hybridized carbons (Fsp3) is 0.872. The Bertz CT molecular complexity index is 1490. The van der Waals surface area contributed by atoms with E-state index >= 15 is 0 Å². The average Bonchev–Trinajstić information content (AvgIpc) is 3.92. The lowest BCUT2D eigenvalue weighted by atomic mass is 9.70. The van der Waals surface area contributed by atoms with Crippen LogP contribution in [0.15, 0.2) is 0 Å². The number of piperidine rings is 1. The van der Waals surface area contributed by atoms with Gasteiger partial charge in [0.05, 0.1) is 22.1 Å². The molecule has 1 aliphatic heterocycles. The first-order valence-corrected chi connectivity index (χ1v) is 21.7. The van der Waals surface area contributed by atoms with Gasteiger partial charge in [-0.3, -0.25) is 19.2 Å². The summed E-state index contributed by atoms with van der Waals surface area (Å²) in [6.07, 6.45) is 11.4. The average molecular weight is 748 g/mol. The molecule has 0 aromatic heterocycles. The molecule has 1 heterocycles. The Hall–Kier alpha value is -2.70. The molecule has 294 valence electrons. The fourth-order valence-electron chi connectivity index (χ4n) is 9.26. The molecule has 1 saturated heterocycles. The topological polar surface area (TPSA) is 171 Å². The number of unbranched alkanes of at least 4 members (excludes halogenated alkanes) is 1. The molecule has 0 bridgehead atoms. The molecule has 13 heteroatoms. The lowest BCUT2D eigenvalue weighted by molar-refractivity contribution is -0.146. The SMILES string of the molecule is CCCCC(NC(=O)[C@@H]1C2C(CN1C(=O)[C@@H](NC(=O)NC1(CS(=O)(=O)C(C)(C)C)CCCCC1)C1(C)CCCCC1)C2(C)C)C(=O)C(=O)NC1CC1. The van der Waals surface area contributed by atoms with Gasteiger partial charge in [-0.25, -0.2) is 13.2 Å².